The van der Waals surface area contributed by atoms with Crippen molar-refractivity contribution in [3.05, 3.63) is 59.5 Å². The Kier molecular flexibility index (Phi) is 3.56. The van der Waals surface area contributed by atoms with Gasteiger partial charge in [0.2, 0.25) is 5.76 Å². The van der Waals surface area contributed by atoms with E-state index in [2.05, 4.69) is 34.3 Å². The highest BCUT2D eigenvalue weighted by molar-refractivity contribution is 5.86. The van der Waals surface area contributed by atoms with Crippen LogP contribution in [-0.4, -0.2) is 19.1 Å². The highest BCUT2D eigenvalue weighted by Crippen LogP contribution is 2.40. The maximum atomic E-state index is 11.3. The van der Waals surface area contributed by atoms with Gasteiger partial charge in [-0.25, -0.2) is 4.79 Å². The number of rotatable bonds is 5. The number of esters is 1. The highest BCUT2D eigenvalue weighted by Gasteiger charge is 2.37. The third-order valence-corrected chi connectivity index (χ3v) is 3.60. The second-order valence-electron chi connectivity index (χ2n) is 5.00. The Balaban J connectivity index is 1.52. The summed E-state index contributed by atoms with van der Waals surface area (Å²) in [6.07, 6.45) is 1.15. The van der Waals surface area contributed by atoms with Gasteiger partial charge in [-0.1, -0.05) is 30.3 Å². The van der Waals surface area contributed by atoms with E-state index >= 15 is 0 Å². The van der Waals surface area contributed by atoms with E-state index in [0.29, 0.717) is 18.5 Å². The molecular weight excluding hydrogens is 254 g/mol. The van der Waals surface area contributed by atoms with Crippen LogP contribution in [0.3, 0.4) is 0 Å². The molecule has 0 radical (unpaired) electrons. The zero-order chi connectivity index (χ0) is 13.9. The summed E-state index contributed by atoms with van der Waals surface area (Å²) >= 11 is 0. The zero-order valence-electron chi connectivity index (χ0n) is 11.3. The SMILES string of the molecule is COC(=O)c1ccc(CNC2CC2c2ccccc2)o1. The first-order chi connectivity index (χ1) is 9.78. The van der Waals surface area contributed by atoms with Crippen molar-refractivity contribution < 1.29 is 13.9 Å². The lowest BCUT2D eigenvalue weighted by Crippen LogP contribution is -2.16. The number of benzene rings is 1. The first-order valence-corrected chi connectivity index (χ1v) is 6.73. The monoisotopic (exact) mass is 271 g/mol. The number of carbonyl (C=O) groups excluding carboxylic acids is 1. The summed E-state index contributed by atoms with van der Waals surface area (Å²) < 4.78 is 10.0. The molecule has 1 heterocycles. The van der Waals surface area contributed by atoms with E-state index in [-0.39, 0.29) is 5.76 Å². The van der Waals surface area contributed by atoms with Crippen molar-refractivity contribution in [2.24, 2.45) is 0 Å². The summed E-state index contributed by atoms with van der Waals surface area (Å²) in [5.41, 5.74) is 1.37. The minimum absolute atomic E-state index is 0.250. The maximum Gasteiger partial charge on any atom is 0.373 e. The van der Waals surface area contributed by atoms with Gasteiger partial charge in [0.15, 0.2) is 0 Å². The maximum absolute atomic E-state index is 11.3. The highest BCUT2D eigenvalue weighted by atomic mass is 16.5. The van der Waals surface area contributed by atoms with Crippen molar-refractivity contribution in [2.75, 3.05) is 7.11 Å². The van der Waals surface area contributed by atoms with Crippen molar-refractivity contribution in [3.8, 4) is 0 Å². The molecule has 1 fully saturated rings. The Morgan fingerprint density at radius 3 is 2.85 bits per heavy atom. The number of ether oxygens (including phenoxy) is 1. The van der Waals surface area contributed by atoms with Gasteiger partial charge in [-0.2, -0.15) is 0 Å². The fraction of sp³-hybridized carbons (Fsp3) is 0.312. The van der Waals surface area contributed by atoms with Gasteiger partial charge < -0.3 is 14.5 Å². The molecule has 3 rings (SSSR count). The quantitative estimate of drug-likeness (QED) is 0.849. The summed E-state index contributed by atoms with van der Waals surface area (Å²) in [6.45, 7) is 0.630. The van der Waals surface area contributed by atoms with Crippen LogP contribution in [0.4, 0.5) is 0 Å². The standard InChI is InChI=1S/C16H17NO3/c1-19-16(18)15-8-7-12(20-15)10-17-14-9-13(14)11-5-3-2-4-6-11/h2-8,13-14,17H,9-10H2,1H3. The van der Waals surface area contributed by atoms with Gasteiger partial charge in [-0.05, 0) is 24.1 Å². The van der Waals surface area contributed by atoms with Crippen molar-refractivity contribution in [3.63, 3.8) is 0 Å². The van der Waals surface area contributed by atoms with Crippen LogP contribution in [0.2, 0.25) is 0 Å². The molecule has 2 atom stereocenters. The predicted molar refractivity (Wildman–Crippen MR) is 74.5 cm³/mol. The van der Waals surface area contributed by atoms with Crippen molar-refractivity contribution in [1.29, 1.82) is 0 Å². The molecule has 104 valence electrons. The van der Waals surface area contributed by atoms with Gasteiger partial charge in [-0.3, -0.25) is 0 Å². The smallest absolute Gasteiger partial charge is 0.373 e. The molecule has 4 nitrogen and oxygen atoms in total. The lowest BCUT2D eigenvalue weighted by Gasteiger charge is -2.02. The van der Waals surface area contributed by atoms with E-state index in [9.17, 15) is 4.79 Å². The number of furan rings is 1. The molecule has 0 amide bonds. The molecule has 1 aromatic heterocycles. The Bertz CT molecular complexity index is 591. The second kappa shape index (κ2) is 5.51. The Hall–Kier alpha value is -2.07. The molecular formula is C16H17NO3. The van der Waals surface area contributed by atoms with E-state index in [0.717, 1.165) is 12.2 Å². The van der Waals surface area contributed by atoms with E-state index in [4.69, 9.17) is 4.42 Å². The summed E-state index contributed by atoms with van der Waals surface area (Å²) in [5.74, 6) is 1.15. The first kappa shape index (κ1) is 12.9. The predicted octanol–water partition coefficient (Wildman–Crippen LogP) is 2.71. The Morgan fingerprint density at radius 2 is 2.10 bits per heavy atom. The molecule has 1 aliphatic rings. The van der Waals surface area contributed by atoms with Gasteiger partial charge in [0.05, 0.1) is 13.7 Å². The first-order valence-electron chi connectivity index (χ1n) is 6.73. The summed E-state index contributed by atoms with van der Waals surface area (Å²) in [7, 11) is 1.34. The molecule has 0 spiro atoms. The molecule has 0 saturated heterocycles. The van der Waals surface area contributed by atoms with Crippen LogP contribution in [0.5, 0.6) is 0 Å². The average Bonchev–Trinajstić information content (AvgIpc) is 3.13. The fourth-order valence-corrected chi connectivity index (χ4v) is 2.40. The third kappa shape index (κ3) is 2.75. The van der Waals surface area contributed by atoms with Crippen molar-refractivity contribution in [1.82, 2.24) is 5.32 Å². The molecule has 2 unspecified atom stereocenters. The molecule has 1 saturated carbocycles. The minimum atomic E-state index is -0.440. The molecule has 20 heavy (non-hydrogen) atoms. The van der Waals surface area contributed by atoms with E-state index in [1.165, 1.54) is 12.7 Å². The number of carbonyl (C=O) groups is 1. The second-order valence-corrected chi connectivity index (χ2v) is 5.00. The van der Waals surface area contributed by atoms with E-state index in [1.807, 2.05) is 6.07 Å². The number of hydrogen-bond donors (Lipinski definition) is 1. The normalized spacial score (nSPS) is 20.6. The minimum Gasteiger partial charge on any atom is -0.463 e. The van der Waals surface area contributed by atoms with Crippen LogP contribution >= 0.6 is 0 Å². The lowest BCUT2D eigenvalue weighted by molar-refractivity contribution is 0.0563. The summed E-state index contributed by atoms with van der Waals surface area (Å²) in [5, 5.41) is 3.45. The summed E-state index contributed by atoms with van der Waals surface area (Å²) in [4.78, 5) is 11.3. The van der Waals surface area contributed by atoms with E-state index in [1.54, 1.807) is 12.1 Å². The molecule has 1 aliphatic carbocycles. The van der Waals surface area contributed by atoms with Gasteiger partial charge in [0.1, 0.15) is 5.76 Å². The molecule has 0 aliphatic heterocycles. The number of nitrogens with one attached hydrogen (secondary N) is 1. The van der Waals surface area contributed by atoms with Crippen LogP contribution in [0, 0.1) is 0 Å². The number of hydrogen-bond acceptors (Lipinski definition) is 4. The zero-order valence-corrected chi connectivity index (χ0v) is 11.3. The van der Waals surface area contributed by atoms with Gasteiger partial charge in [0.25, 0.3) is 0 Å². The van der Waals surface area contributed by atoms with Crippen LogP contribution in [0.25, 0.3) is 0 Å². The van der Waals surface area contributed by atoms with Crippen LogP contribution in [0.15, 0.2) is 46.9 Å². The van der Waals surface area contributed by atoms with Gasteiger partial charge >= 0.3 is 5.97 Å². The molecule has 4 heteroatoms. The van der Waals surface area contributed by atoms with Crippen LogP contribution < -0.4 is 5.32 Å². The van der Waals surface area contributed by atoms with Crippen molar-refractivity contribution in [2.45, 2.75) is 24.9 Å². The molecule has 1 aromatic carbocycles. The molecule has 0 bridgehead atoms. The Morgan fingerprint density at radius 1 is 1.30 bits per heavy atom. The molecule has 1 N–H and O–H groups in total. The molecule has 2 aromatic rings. The Labute approximate surface area is 117 Å². The third-order valence-electron chi connectivity index (χ3n) is 3.60. The average molecular weight is 271 g/mol. The van der Waals surface area contributed by atoms with Crippen LogP contribution in [-0.2, 0) is 11.3 Å². The topological polar surface area (TPSA) is 51.5 Å². The number of methoxy groups -OCH3 is 1. The largest absolute Gasteiger partial charge is 0.463 e. The van der Waals surface area contributed by atoms with Gasteiger partial charge in [0, 0.05) is 12.0 Å². The lowest BCUT2D eigenvalue weighted by atomic mass is 10.1. The van der Waals surface area contributed by atoms with E-state index < -0.39 is 5.97 Å². The fourth-order valence-electron chi connectivity index (χ4n) is 2.40. The summed E-state index contributed by atoms with van der Waals surface area (Å²) in [6, 6.07) is 14.4. The van der Waals surface area contributed by atoms with Gasteiger partial charge in [-0.15, -0.1) is 0 Å². The van der Waals surface area contributed by atoms with Crippen molar-refractivity contribution >= 4 is 5.97 Å². The van der Waals surface area contributed by atoms with Crippen LogP contribution in [0.1, 0.15) is 34.2 Å².